The predicted octanol–water partition coefficient (Wildman–Crippen LogP) is 1.92. The summed E-state index contributed by atoms with van der Waals surface area (Å²) in [6.45, 7) is 0.414. The van der Waals surface area contributed by atoms with Crippen molar-refractivity contribution >= 4 is 23.2 Å². The summed E-state index contributed by atoms with van der Waals surface area (Å²) in [6.07, 6.45) is 1.41. The number of nitrogens with one attached hydrogen (secondary N) is 1. The van der Waals surface area contributed by atoms with Crippen LogP contribution in [0.3, 0.4) is 0 Å². The smallest absolute Gasteiger partial charge is 0.274 e. The maximum atomic E-state index is 12.1. The van der Waals surface area contributed by atoms with Gasteiger partial charge in [-0.25, -0.2) is 0 Å². The average molecular weight is 265 g/mol. The molecule has 2 aromatic rings. The Kier molecular flexibility index (Phi) is 3.53. The van der Waals surface area contributed by atoms with E-state index < -0.39 is 0 Å². The van der Waals surface area contributed by atoms with Crippen LogP contribution in [0.1, 0.15) is 16.1 Å². The SMILES string of the molecule is CN(Cc1ccccc1Cl)C(=O)c1[nH]ncc1N. The van der Waals surface area contributed by atoms with Crippen molar-refractivity contribution in [2.75, 3.05) is 12.8 Å². The highest BCUT2D eigenvalue weighted by atomic mass is 35.5. The van der Waals surface area contributed by atoms with Crippen molar-refractivity contribution in [1.82, 2.24) is 15.1 Å². The van der Waals surface area contributed by atoms with E-state index in [0.717, 1.165) is 5.56 Å². The molecule has 0 aliphatic rings. The molecule has 1 aromatic carbocycles. The van der Waals surface area contributed by atoms with Crippen LogP contribution in [-0.2, 0) is 6.54 Å². The van der Waals surface area contributed by atoms with Crippen molar-refractivity contribution < 1.29 is 4.79 Å². The van der Waals surface area contributed by atoms with Gasteiger partial charge in [0.2, 0.25) is 0 Å². The van der Waals surface area contributed by atoms with E-state index in [1.807, 2.05) is 18.2 Å². The van der Waals surface area contributed by atoms with Crippen LogP contribution < -0.4 is 5.73 Å². The van der Waals surface area contributed by atoms with Gasteiger partial charge in [0.25, 0.3) is 5.91 Å². The summed E-state index contributed by atoms with van der Waals surface area (Å²) in [4.78, 5) is 13.6. The monoisotopic (exact) mass is 264 g/mol. The zero-order valence-electron chi connectivity index (χ0n) is 9.85. The molecule has 1 amide bonds. The fraction of sp³-hybridized carbons (Fsp3) is 0.167. The van der Waals surface area contributed by atoms with Crippen LogP contribution in [0.5, 0.6) is 0 Å². The summed E-state index contributed by atoms with van der Waals surface area (Å²) < 4.78 is 0. The van der Waals surface area contributed by atoms with Gasteiger partial charge >= 0.3 is 0 Å². The summed E-state index contributed by atoms with van der Waals surface area (Å²) in [5, 5.41) is 6.95. The summed E-state index contributed by atoms with van der Waals surface area (Å²) in [5.41, 5.74) is 7.15. The Morgan fingerprint density at radius 1 is 1.50 bits per heavy atom. The third-order valence-corrected chi connectivity index (χ3v) is 2.96. The van der Waals surface area contributed by atoms with Crippen molar-refractivity contribution in [3.8, 4) is 0 Å². The highest BCUT2D eigenvalue weighted by Gasteiger charge is 2.17. The zero-order chi connectivity index (χ0) is 13.1. The van der Waals surface area contributed by atoms with Crippen molar-refractivity contribution in [3.05, 3.63) is 46.7 Å². The Balaban J connectivity index is 2.14. The summed E-state index contributed by atoms with van der Waals surface area (Å²) in [5.74, 6) is -0.218. The van der Waals surface area contributed by atoms with Crippen molar-refractivity contribution in [1.29, 1.82) is 0 Å². The van der Waals surface area contributed by atoms with Gasteiger partial charge in [0.1, 0.15) is 5.69 Å². The number of benzene rings is 1. The molecule has 1 heterocycles. The first-order valence-electron chi connectivity index (χ1n) is 5.37. The third kappa shape index (κ3) is 2.46. The number of carbonyl (C=O) groups is 1. The molecular weight excluding hydrogens is 252 g/mol. The van der Waals surface area contributed by atoms with Gasteiger partial charge in [-0.1, -0.05) is 29.8 Å². The number of hydrogen-bond acceptors (Lipinski definition) is 3. The third-order valence-electron chi connectivity index (χ3n) is 2.59. The van der Waals surface area contributed by atoms with Crippen LogP contribution in [0.25, 0.3) is 0 Å². The van der Waals surface area contributed by atoms with E-state index in [-0.39, 0.29) is 5.91 Å². The van der Waals surface area contributed by atoms with Gasteiger partial charge < -0.3 is 10.6 Å². The predicted molar refractivity (Wildman–Crippen MR) is 70.2 cm³/mol. The first kappa shape index (κ1) is 12.4. The van der Waals surface area contributed by atoms with Gasteiger partial charge in [0.05, 0.1) is 11.9 Å². The second-order valence-corrected chi connectivity index (χ2v) is 4.36. The lowest BCUT2D eigenvalue weighted by atomic mass is 10.2. The largest absolute Gasteiger partial charge is 0.396 e. The van der Waals surface area contributed by atoms with Gasteiger partial charge in [0.15, 0.2) is 0 Å². The molecule has 6 heteroatoms. The van der Waals surface area contributed by atoms with Gasteiger partial charge in [-0.05, 0) is 11.6 Å². The second-order valence-electron chi connectivity index (χ2n) is 3.95. The van der Waals surface area contributed by atoms with E-state index in [9.17, 15) is 4.79 Å². The quantitative estimate of drug-likeness (QED) is 0.889. The second kappa shape index (κ2) is 5.10. The Morgan fingerprint density at radius 2 is 2.22 bits per heavy atom. The normalized spacial score (nSPS) is 10.3. The number of nitrogens with two attached hydrogens (primary N) is 1. The van der Waals surface area contributed by atoms with Crippen LogP contribution in [0, 0.1) is 0 Å². The minimum atomic E-state index is -0.218. The van der Waals surface area contributed by atoms with Crippen molar-refractivity contribution in [2.45, 2.75) is 6.54 Å². The lowest BCUT2D eigenvalue weighted by Gasteiger charge is -2.17. The highest BCUT2D eigenvalue weighted by molar-refractivity contribution is 6.31. The number of H-pyrrole nitrogens is 1. The summed E-state index contributed by atoms with van der Waals surface area (Å²) in [7, 11) is 1.69. The number of carbonyl (C=O) groups excluding carboxylic acids is 1. The van der Waals surface area contributed by atoms with Crippen LogP contribution >= 0.6 is 11.6 Å². The maximum Gasteiger partial charge on any atom is 0.274 e. The topological polar surface area (TPSA) is 75.0 Å². The molecular formula is C12H13ClN4O. The molecule has 18 heavy (non-hydrogen) atoms. The Morgan fingerprint density at radius 3 is 2.83 bits per heavy atom. The van der Waals surface area contributed by atoms with E-state index in [1.54, 1.807) is 13.1 Å². The molecule has 0 bridgehead atoms. The van der Waals surface area contributed by atoms with Crippen LogP contribution in [0.2, 0.25) is 5.02 Å². The number of hydrogen-bond donors (Lipinski definition) is 2. The lowest BCUT2D eigenvalue weighted by molar-refractivity contribution is 0.0780. The van der Waals surface area contributed by atoms with E-state index in [2.05, 4.69) is 10.2 Å². The average Bonchev–Trinajstić information content (AvgIpc) is 2.77. The molecule has 0 saturated heterocycles. The number of rotatable bonds is 3. The van der Waals surface area contributed by atoms with Gasteiger partial charge in [-0.3, -0.25) is 9.89 Å². The number of aromatic nitrogens is 2. The molecule has 1 aromatic heterocycles. The number of nitrogen functional groups attached to an aromatic ring is 1. The molecule has 0 radical (unpaired) electrons. The van der Waals surface area contributed by atoms with Crippen LogP contribution in [0.4, 0.5) is 5.69 Å². The number of halogens is 1. The number of anilines is 1. The lowest BCUT2D eigenvalue weighted by Crippen LogP contribution is -2.27. The number of amides is 1. The fourth-order valence-electron chi connectivity index (χ4n) is 1.61. The fourth-order valence-corrected chi connectivity index (χ4v) is 1.81. The minimum Gasteiger partial charge on any atom is -0.396 e. The zero-order valence-corrected chi connectivity index (χ0v) is 10.6. The number of aromatic amines is 1. The molecule has 3 N–H and O–H groups in total. The van der Waals surface area contributed by atoms with Crippen LogP contribution in [0.15, 0.2) is 30.5 Å². The molecule has 0 unspecified atom stereocenters. The highest BCUT2D eigenvalue weighted by Crippen LogP contribution is 2.18. The molecule has 0 aliphatic heterocycles. The van der Waals surface area contributed by atoms with E-state index >= 15 is 0 Å². The number of nitrogens with zero attached hydrogens (tertiary/aromatic N) is 2. The van der Waals surface area contributed by atoms with Gasteiger partial charge in [0, 0.05) is 18.6 Å². The first-order valence-corrected chi connectivity index (χ1v) is 5.75. The minimum absolute atomic E-state index is 0.218. The van der Waals surface area contributed by atoms with E-state index in [0.29, 0.717) is 22.9 Å². The van der Waals surface area contributed by atoms with Crippen molar-refractivity contribution in [2.24, 2.45) is 0 Å². The Hall–Kier alpha value is -2.01. The molecule has 0 saturated carbocycles. The summed E-state index contributed by atoms with van der Waals surface area (Å²) in [6, 6.07) is 7.40. The standard InChI is InChI=1S/C12H13ClN4O/c1-17(7-8-4-2-3-5-9(8)13)12(18)11-10(14)6-15-16-11/h2-6H,7,14H2,1H3,(H,15,16). The molecule has 0 aliphatic carbocycles. The van der Waals surface area contributed by atoms with E-state index in [4.69, 9.17) is 17.3 Å². The molecule has 94 valence electrons. The van der Waals surface area contributed by atoms with Crippen molar-refractivity contribution in [3.63, 3.8) is 0 Å². The molecule has 5 nitrogen and oxygen atoms in total. The molecule has 2 rings (SSSR count). The Labute approximate surface area is 110 Å². The molecule has 0 fully saturated rings. The van der Waals surface area contributed by atoms with Gasteiger partial charge in [-0.2, -0.15) is 5.10 Å². The van der Waals surface area contributed by atoms with E-state index in [1.165, 1.54) is 11.1 Å². The first-order chi connectivity index (χ1) is 8.59. The van der Waals surface area contributed by atoms with Crippen LogP contribution in [-0.4, -0.2) is 28.1 Å². The summed E-state index contributed by atoms with van der Waals surface area (Å²) >= 11 is 6.05. The molecule has 0 spiro atoms. The maximum absolute atomic E-state index is 12.1. The van der Waals surface area contributed by atoms with Gasteiger partial charge in [-0.15, -0.1) is 0 Å². The molecule has 0 atom stereocenters. The Bertz CT molecular complexity index is 567.